The SMILES string of the molecule is CCN(Cc1cccs1)c1ccc(C#N)cc1F. The highest BCUT2D eigenvalue weighted by Crippen LogP contribution is 2.23. The van der Waals surface area contributed by atoms with Gasteiger partial charge in [0.05, 0.1) is 23.9 Å². The molecule has 0 saturated carbocycles. The number of benzene rings is 1. The lowest BCUT2D eigenvalue weighted by Gasteiger charge is -2.23. The zero-order valence-electron chi connectivity index (χ0n) is 10.1. The molecule has 0 aliphatic heterocycles. The quantitative estimate of drug-likeness (QED) is 0.836. The highest BCUT2D eigenvalue weighted by Gasteiger charge is 2.11. The van der Waals surface area contributed by atoms with E-state index in [0.717, 1.165) is 6.54 Å². The van der Waals surface area contributed by atoms with Crippen molar-refractivity contribution in [3.8, 4) is 6.07 Å². The summed E-state index contributed by atoms with van der Waals surface area (Å²) < 4.78 is 13.9. The molecule has 0 aliphatic rings. The van der Waals surface area contributed by atoms with E-state index in [4.69, 9.17) is 5.26 Å². The van der Waals surface area contributed by atoms with Gasteiger partial charge in [0.15, 0.2) is 0 Å². The van der Waals surface area contributed by atoms with Crippen LogP contribution in [-0.2, 0) is 6.54 Å². The molecular weight excluding hydrogens is 247 g/mol. The number of anilines is 1. The van der Waals surface area contributed by atoms with Crippen LogP contribution in [0.15, 0.2) is 35.7 Å². The van der Waals surface area contributed by atoms with Crippen molar-refractivity contribution in [1.82, 2.24) is 0 Å². The predicted octanol–water partition coefficient (Wildman–Crippen LogP) is 3.79. The fraction of sp³-hybridized carbons (Fsp3) is 0.214. The predicted molar refractivity (Wildman–Crippen MR) is 72.2 cm³/mol. The Kier molecular flexibility index (Phi) is 3.96. The first kappa shape index (κ1) is 12.6. The summed E-state index contributed by atoms with van der Waals surface area (Å²) in [6.07, 6.45) is 0. The van der Waals surface area contributed by atoms with Crippen molar-refractivity contribution in [2.24, 2.45) is 0 Å². The molecule has 0 fully saturated rings. The smallest absolute Gasteiger partial charge is 0.147 e. The monoisotopic (exact) mass is 260 g/mol. The summed E-state index contributed by atoms with van der Waals surface area (Å²) in [5.74, 6) is -0.340. The molecule has 1 heterocycles. The van der Waals surface area contributed by atoms with E-state index < -0.39 is 0 Å². The van der Waals surface area contributed by atoms with Crippen LogP contribution in [0, 0.1) is 17.1 Å². The third-order valence-corrected chi connectivity index (χ3v) is 3.59. The molecule has 18 heavy (non-hydrogen) atoms. The van der Waals surface area contributed by atoms with Crippen molar-refractivity contribution < 1.29 is 4.39 Å². The lowest BCUT2D eigenvalue weighted by molar-refractivity contribution is 0.618. The highest BCUT2D eigenvalue weighted by atomic mass is 32.1. The van der Waals surface area contributed by atoms with Gasteiger partial charge in [0, 0.05) is 11.4 Å². The van der Waals surface area contributed by atoms with E-state index in [2.05, 4.69) is 0 Å². The van der Waals surface area contributed by atoms with Gasteiger partial charge in [-0.05, 0) is 36.6 Å². The van der Waals surface area contributed by atoms with Crippen LogP contribution < -0.4 is 4.90 Å². The summed E-state index contributed by atoms with van der Waals surface area (Å²) in [7, 11) is 0. The zero-order chi connectivity index (χ0) is 13.0. The molecule has 2 aromatic rings. The van der Waals surface area contributed by atoms with E-state index in [1.54, 1.807) is 23.5 Å². The van der Waals surface area contributed by atoms with Crippen LogP contribution in [0.1, 0.15) is 17.4 Å². The van der Waals surface area contributed by atoms with Gasteiger partial charge in [-0.1, -0.05) is 6.07 Å². The molecule has 0 aliphatic carbocycles. The van der Waals surface area contributed by atoms with Crippen molar-refractivity contribution in [3.05, 3.63) is 52.0 Å². The van der Waals surface area contributed by atoms with Crippen LogP contribution in [0.5, 0.6) is 0 Å². The fourth-order valence-corrected chi connectivity index (χ4v) is 2.51. The minimum Gasteiger partial charge on any atom is -0.364 e. The molecule has 0 atom stereocenters. The maximum Gasteiger partial charge on any atom is 0.147 e. The first-order valence-corrected chi connectivity index (χ1v) is 6.59. The lowest BCUT2D eigenvalue weighted by atomic mass is 10.2. The minimum absolute atomic E-state index is 0.340. The average Bonchev–Trinajstić information content (AvgIpc) is 2.89. The van der Waals surface area contributed by atoms with Crippen LogP contribution in [0.4, 0.5) is 10.1 Å². The maximum absolute atomic E-state index is 13.9. The first-order chi connectivity index (χ1) is 8.74. The van der Waals surface area contributed by atoms with E-state index in [1.807, 2.05) is 35.4 Å². The molecule has 0 radical (unpaired) electrons. The van der Waals surface area contributed by atoms with Crippen molar-refractivity contribution in [1.29, 1.82) is 5.26 Å². The average molecular weight is 260 g/mol. The molecular formula is C14H13FN2S. The van der Waals surface area contributed by atoms with E-state index in [9.17, 15) is 4.39 Å². The Hall–Kier alpha value is -1.86. The summed E-state index contributed by atoms with van der Waals surface area (Å²) in [4.78, 5) is 3.16. The van der Waals surface area contributed by atoms with Crippen LogP contribution in [0.3, 0.4) is 0 Å². The molecule has 0 saturated heterocycles. The molecule has 2 rings (SSSR count). The number of hydrogen-bond acceptors (Lipinski definition) is 3. The summed E-state index contributed by atoms with van der Waals surface area (Å²) >= 11 is 1.66. The molecule has 0 N–H and O–H groups in total. The highest BCUT2D eigenvalue weighted by molar-refractivity contribution is 7.09. The number of nitrogens with zero attached hydrogens (tertiary/aromatic N) is 2. The van der Waals surface area contributed by atoms with E-state index in [1.165, 1.54) is 10.9 Å². The normalized spacial score (nSPS) is 10.1. The summed E-state index contributed by atoms with van der Waals surface area (Å²) in [6.45, 7) is 3.41. The van der Waals surface area contributed by atoms with Gasteiger partial charge in [-0.2, -0.15) is 5.26 Å². The van der Waals surface area contributed by atoms with Crippen molar-refractivity contribution in [3.63, 3.8) is 0 Å². The summed E-state index contributed by atoms with van der Waals surface area (Å²) in [5, 5.41) is 10.7. The first-order valence-electron chi connectivity index (χ1n) is 5.71. The largest absolute Gasteiger partial charge is 0.364 e. The Labute approximate surface area is 110 Å². The van der Waals surface area contributed by atoms with Crippen LogP contribution in [0.2, 0.25) is 0 Å². The molecule has 92 valence electrons. The Balaban J connectivity index is 2.25. The van der Waals surface area contributed by atoms with Crippen LogP contribution in [0.25, 0.3) is 0 Å². The Bertz CT molecular complexity index is 558. The fourth-order valence-electron chi connectivity index (χ4n) is 1.79. The van der Waals surface area contributed by atoms with E-state index in [-0.39, 0.29) is 5.82 Å². The number of rotatable bonds is 4. The molecule has 0 spiro atoms. The van der Waals surface area contributed by atoms with Crippen LogP contribution in [-0.4, -0.2) is 6.54 Å². The van der Waals surface area contributed by atoms with Gasteiger partial charge in [-0.3, -0.25) is 0 Å². The molecule has 1 aromatic carbocycles. The third kappa shape index (κ3) is 2.69. The second-order valence-corrected chi connectivity index (χ2v) is 4.90. The molecule has 0 amide bonds. The number of thiophene rings is 1. The Morgan fingerprint density at radius 1 is 1.39 bits per heavy atom. The zero-order valence-corrected chi connectivity index (χ0v) is 10.9. The van der Waals surface area contributed by atoms with Gasteiger partial charge >= 0.3 is 0 Å². The maximum atomic E-state index is 13.9. The molecule has 4 heteroatoms. The van der Waals surface area contributed by atoms with E-state index in [0.29, 0.717) is 17.8 Å². The lowest BCUT2D eigenvalue weighted by Crippen LogP contribution is -2.22. The van der Waals surface area contributed by atoms with E-state index >= 15 is 0 Å². The van der Waals surface area contributed by atoms with Gasteiger partial charge in [0.25, 0.3) is 0 Å². The van der Waals surface area contributed by atoms with Crippen molar-refractivity contribution >= 4 is 17.0 Å². The van der Waals surface area contributed by atoms with Gasteiger partial charge in [-0.15, -0.1) is 11.3 Å². The van der Waals surface area contributed by atoms with Crippen LogP contribution >= 0.6 is 11.3 Å². The number of halogens is 1. The number of nitriles is 1. The topological polar surface area (TPSA) is 27.0 Å². The molecule has 2 nitrogen and oxygen atoms in total. The Morgan fingerprint density at radius 3 is 2.78 bits per heavy atom. The summed E-state index contributed by atoms with van der Waals surface area (Å²) in [6, 6.07) is 10.6. The van der Waals surface area contributed by atoms with Crippen molar-refractivity contribution in [2.45, 2.75) is 13.5 Å². The minimum atomic E-state index is -0.340. The van der Waals surface area contributed by atoms with Gasteiger partial charge < -0.3 is 4.90 Å². The second kappa shape index (κ2) is 5.65. The van der Waals surface area contributed by atoms with Gasteiger partial charge in [-0.25, -0.2) is 4.39 Å². The van der Waals surface area contributed by atoms with Crippen molar-refractivity contribution in [2.75, 3.05) is 11.4 Å². The van der Waals surface area contributed by atoms with Gasteiger partial charge in [0.1, 0.15) is 5.82 Å². The molecule has 0 unspecified atom stereocenters. The number of hydrogen-bond donors (Lipinski definition) is 0. The standard InChI is InChI=1S/C14H13FN2S/c1-2-17(10-12-4-3-7-18-12)14-6-5-11(9-16)8-13(14)15/h3-8H,2,10H2,1H3. The Morgan fingerprint density at radius 2 is 2.22 bits per heavy atom. The molecule has 1 aromatic heterocycles. The second-order valence-electron chi connectivity index (χ2n) is 3.87. The third-order valence-electron chi connectivity index (χ3n) is 2.73. The molecule has 0 bridgehead atoms. The summed E-state index contributed by atoms with van der Waals surface area (Å²) in [5.41, 5.74) is 0.897. The van der Waals surface area contributed by atoms with Gasteiger partial charge in [0.2, 0.25) is 0 Å².